The van der Waals surface area contributed by atoms with Crippen molar-refractivity contribution in [2.75, 3.05) is 31.2 Å². The van der Waals surface area contributed by atoms with Crippen LogP contribution in [0.3, 0.4) is 0 Å². The van der Waals surface area contributed by atoms with Crippen molar-refractivity contribution in [3.8, 4) is 5.75 Å². The van der Waals surface area contributed by atoms with E-state index < -0.39 is 6.10 Å². The Morgan fingerprint density at radius 1 is 1.24 bits per heavy atom. The predicted molar refractivity (Wildman–Crippen MR) is 138 cm³/mol. The lowest BCUT2D eigenvalue weighted by molar-refractivity contribution is -0.127. The fraction of sp³-hybridized carbons (Fsp3) is 0.407. The Labute approximate surface area is 213 Å². The summed E-state index contributed by atoms with van der Waals surface area (Å²) >= 11 is 0. The molecule has 37 heavy (non-hydrogen) atoms. The number of fused-ring (bicyclic) bond motifs is 1. The number of hydrogen-bond acceptors (Lipinski definition) is 8. The van der Waals surface area contributed by atoms with Crippen LogP contribution in [-0.4, -0.2) is 79.4 Å². The van der Waals surface area contributed by atoms with Gasteiger partial charge in [0, 0.05) is 35.6 Å². The van der Waals surface area contributed by atoms with Gasteiger partial charge < -0.3 is 29.7 Å². The largest absolute Gasteiger partial charge is 0.491 e. The molecule has 3 aromatic rings. The number of amides is 1. The maximum absolute atomic E-state index is 13.3. The zero-order chi connectivity index (χ0) is 25.5. The Morgan fingerprint density at radius 3 is 3.00 bits per heavy atom. The molecule has 0 bridgehead atoms. The van der Waals surface area contributed by atoms with Gasteiger partial charge in [-0.25, -0.2) is 15.0 Å². The number of allylic oxidation sites excluding steroid dienone is 1. The van der Waals surface area contributed by atoms with Crippen LogP contribution < -0.4 is 20.1 Å². The Bertz CT molecular complexity index is 1510. The topological polar surface area (TPSA) is 128 Å². The Kier molecular flexibility index (Phi) is 6.13. The molecule has 3 N–H and O–H groups in total. The van der Waals surface area contributed by atoms with E-state index in [1.165, 1.54) is 0 Å². The maximum atomic E-state index is 13.3. The van der Waals surface area contributed by atoms with Gasteiger partial charge in [-0.3, -0.25) is 4.79 Å². The van der Waals surface area contributed by atoms with Crippen LogP contribution in [-0.2, 0) is 11.3 Å². The molecule has 4 heterocycles. The molecule has 2 aromatic heterocycles. The zero-order valence-corrected chi connectivity index (χ0v) is 20.7. The van der Waals surface area contributed by atoms with E-state index in [1.807, 2.05) is 24.3 Å². The van der Waals surface area contributed by atoms with Gasteiger partial charge in [-0.1, -0.05) is 23.8 Å². The molecule has 2 aliphatic heterocycles. The highest BCUT2D eigenvalue weighted by molar-refractivity contribution is 6.18. The second-order valence-corrected chi connectivity index (χ2v) is 9.89. The summed E-state index contributed by atoms with van der Waals surface area (Å²) in [7, 11) is 0. The summed E-state index contributed by atoms with van der Waals surface area (Å²) in [5, 5.41) is 21.1. The number of benzene rings is 1. The Hall–Kier alpha value is -3.76. The molecule has 1 aliphatic carbocycles. The Balaban J connectivity index is 1.32. The number of β-amino-alcohol motifs (C(OH)–C–C–N with tert-alkyl or cyclic N) is 1. The monoisotopic (exact) mass is 502 g/mol. The van der Waals surface area contributed by atoms with Crippen molar-refractivity contribution in [2.45, 2.75) is 44.9 Å². The number of nitrogens with one attached hydrogen (secondary N) is 1. The third-order valence-corrected chi connectivity index (χ3v) is 7.46. The molecule has 3 aliphatic rings. The first-order valence-corrected chi connectivity index (χ1v) is 12.7. The average Bonchev–Trinajstić information content (AvgIpc) is 3.54. The predicted octanol–water partition coefficient (Wildman–Crippen LogP) is 0.377. The number of ether oxygens (including phenoxy) is 1. The molecule has 1 amide bonds. The SMILES string of the molecule is CC1=c2c(OCC3CCCN3c3ncnc4nc[nH]c34)ccc3c2=C(C=CC1)C(=O)N(CC(O)CO)C3. The van der Waals surface area contributed by atoms with Gasteiger partial charge in [-0.15, -0.1) is 0 Å². The number of aromatic nitrogens is 4. The fourth-order valence-corrected chi connectivity index (χ4v) is 5.68. The summed E-state index contributed by atoms with van der Waals surface area (Å²) in [5.41, 5.74) is 4.25. The highest BCUT2D eigenvalue weighted by Crippen LogP contribution is 2.28. The van der Waals surface area contributed by atoms with Gasteiger partial charge >= 0.3 is 0 Å². The van der Waals surface area contributed by atoms with Crippen molar-refractivity contribution in [1.82, 2.24) is 24.8 Å². The lowest BCUT2D eigenvalue weighted by Gasteiger charge is -2.30. The third-order valence-electron chi connectivity index (χ3n) is 7.46. The summed E-state index contributed by atoms with van der Waals surface area (Å²) in [4.78, 5) is 33.4. The molecule has 0 saturated carbocycles. The van der Waals surface area contributed by atoms with Crippen molar-refractivity contribution >= 4 is 34.0 Å². The number of aliphatic hydroxyl groups excluding tert-OH is 2. The van der Waals surface area contributed by atoms with Crippen LogP contribution in [0.5, 0.6) is 5.75 Å². The maximum Gasteiger partial charge on any atom is 0.254 e. The number of anilines is 1. The van der Waals surface area contributed by atoms with E-state index in [0.29, 0.717) is 24.4 Å². The molecule has 1 aromatic carbocycles. The number of carbonyl (C=O) groups is 1. The molecular formula is C27H30N6O4. The highest BCUT2D eigenvalue weighted by atomic mass is 16.5. The van der Waals surface area contributed by atoms with Gasteiger partial charge in [0.15, 0.2) is 11.5 Å². The zero-order valence-electron chi connectivity index (χ0n) is 20.7. The summed E-state index contributed by atoms with van der Waals surface area (Å²) in [5.74, 6) is 1.48. The highest BCUT2D eigenvalue weighted by Gasteiger charge is 2.30. The number of rotatable bonds is 7. The summed E-state index contributed by atoms with van der Waals surface area (Å²) in [6.45, 7) is 3.54. The minimum absolute atomic E-state index is 0.0898. The number of carbonyl (C=O) groups excluding carboxylic acids is 1. The van der Waals surface area contributed by atoms with Gasteiger partial charge in [0.2, 0.25) is 0 Å². The first-order chi connectivity index (χ1) is 18.0. The van der Waals surface area contributed by atoms with Crippen molar-refractivity contribution in [3.63, 3.8) is 0 Å². The number of aromatic amines is 1. The van der Waals surface area contributed by atoms with Crippen LogP contribution in [0.25, 0.3) is 22.3 Å². The molecule has 0 radical (unpaired) electrons. The molecule has 10 nitrogen and oxygen atoms in total. The summed E-state index contributed by atoms with van der Waals surface area (Å²) in [6.07, 6.45) is 8.86. The molecule has 1 fully saturated rings. The van der Waals surface area contributed by atoms with Crippen LogP contribution in [0.2, 0.25) is 0 Å². The van der Waals surface area contributed by atoms with E-state index >= 15 is 0 Å². The first-order valence-electron chi connectivity index (χ1n) is 12.7. The van der Waals surface area contributed by atoms with Gasteiger partial charge in [0.05, 0.1) is 25.1 Å². The fourth-order valence-electron chi connectivity index (χ4n) is 5.68. The number of H-pyrrole nitrogens is 1. The minimum atomic E-state index is -0.969. The normalized spacial score (nSPS) is 20.0. The average molecular weight is 503 g/mol. The standard InChI is InChI=1S/C27H30N6O4/c1-16-4-2-6-20-23-17(10-32(27(20)36)11-19(35)12-34)7-8-21(22(16)23)37-13-18-5-3-9-33(18)26-24-25(29-14-28-24)30-15-31-26/h2,6-8,14-15,18-19,34-35H,3-5,9-13H2,1H3,(H,28,29,30,31). The van der Waals surface area contributed by atoms with Gasteiger partial charge in [0.25, 0.3) is 5.91 Å². The second-order valence-electron chi connectivity index (χ2n) is 9.89. The van der Waals surface area contributed by atoms with E-state index in [4.69, 9.17) is 4.74 Å². The van der Waals surface area contributed by atoms with Gasteiger partial charge in [-0.2, -0.15) is 0 Å². The van der Waals surface area contributed by atoms with Crippen LogP contribution in [0.4, 0.5) is 5.82 Å². The molecule has 2 unspecified atom stereocenters. The summed E-state index contributed by atoms with van der Waals surface area (Å²) in [6, 6.07) is 4.15. The molecule has 10 heteroatoms. The quantitative estimate of drug-likeness (QED) is 0.423. The van der Waals surface area contributed by atoms with E-state index in [-0.39, 0.29) is 25.1 Å². The van der Waals surface area contributed by atoms with E-state index in [1.54, 1.807) is 17.6 Å². The van der Waals surface area contributed by atoms with E-state index in [9.17, 15) is 15.0 Å². The van der Waals surface area contributed by atoms with E-state index in [2.05, 4.69) is 31.8 Å². The number of hydrogen-bond donors (Lipinski definition) is 3. The van der Waals surface area contributed by atoms with Gasteiger partial charge in [-0.05, 0) is 37.8 Å². The molecule has 1 saturated heterocycles. The molecular weight excluding hydrogens is 472 g/mol. The molecule has 0 spiro atoms. The van der Waals surface area contributed by atoms with E-state index in [0.717, 1.165) is 64.5 Å². The van der Waals surface area contributed by atoms with Crippen LogP contribution in [0.15, 0.2) is 36.9 Å². The molecule has 2 atom stereocenters. The molecule has 6 rings (SSSR count). The van der Waals surface area contributed by atoms with Crippen molar-refractivity contribution in [2.24, 2.45) is 0 Å². The number of nitrogens with zero attached hydrogens (tertiary/aromatic N) is 5. The van der Waals surface area contributed by atoms with Crippen LogP contribution in [0, 0.1) is 0 Å². The lowest BCUT2D eigenvalue weighted by Crippen LogP contribution is -2.48. The minimum Gasteiger partial charge on any atom is -0.491 e. The van der Waals surface area contributed by atoms with Crippen LogP contribution >= 0.6 is 0 Å². The summed E-state index contributed by atoms with van der Waals surface area (Å²) < 4.78 is 6.50. The second kappa shape index (κ2) is 9.60. The van der Waals surface area contributed by atoms with Crippen molar-refractivity contribution in [3.05, 3.63) is 52.9 Å². The van der Waals surface area contributed by atoms with Crippen LogP contribution in [0.1, 0.15) is 31.7 Å². The van der Waals surface area contributed by atoms with Crippen molar-refractivity contribution in [1.29, 1.82) is 0 Å². The Morgan fingerprint density at radius 2 is 2.14 bits per heavy atom. The van der Waals surface area contributed by atoms with Crippen molar-refractivity contribution < 1.29 is 19.7 Å². The number of aliphatic hydroxyl groups is 2. The molecule has 192 valence electrons. The van der Waals surface area contributed by atoms with Gasteiger partial charge in [0.1, 0.15) is 24.2 Å². The smallest absolute Gasteiger partial charge is 0.254 e. The first kappa shape index (κ1) is 23.6. The lowest BCUT2D eigenvalue weighted by atomic mass is 9.97. The third kappa shape index (κ3) is 4.15. The number of imidazole rings is 1.